The molecule has 32 heavy (non-hydrogen) atoms. The molecule has 4 rings (SSSR count). The average molecular weight is 465 g/mol. The van der Waals surface area contributed by atoms with Crippen LogP contribution in [0.3, 0.4) is 0 Å². The van der Waals surface area contributed by atoms with Gasteiger partial charge in [-0.25, -0.2) is 9.97 Å². The van der Waals surface area contributed by atoms with Crippen LogP contribution in [0.4, 0.5) is 11.5 Å². The fourth-order valence-corrected chi connectivity index (χ4v) is 5.50. The van der Waals surface area contributed by atoms with Crippen LogP contribution >= 0.6 is 23.1 Å². The standard InChI is InChI=1S/C24H24N4O2S2/c1-13-10-11-18(30-4)17(12-13)26-22(29)20(16-8-6-5-7-9-16)32-24-27-21(25)19-14(2)15(3)31-23(19)28-24/h5-12,20H,1-4H3,(H,26,29)(H2,25,27,28). The minimum Gasteiger partial charge on any atom is -0.495 e. The number of nitrogen functional groups attached to an aromatic ring is 1. The number of benzene rings is 2. The summed E-state index contributed by atoms with van der Waals surface area (Å²) in [5, 5.41) is 3.81. The lowest BCUT2D eigenvalue weighted by molar-refractivity contribution is -0.115. The third-order valence-electron chi connectivity index (χ3n) is 5.21. The van der Waals surface area contributed by atoms with Gasteiger partial charge in [-0.2, -0.15) is 0 Å². The van der Waals surface area contributed by atoms with E-state index in [0.29, 0.717) is 22.4 Å². The van der Waals surface area contributed by atoms with Gasteiger partial charge >= 0.3 is 0 Å². The predicted octanol–water partition coefficient (Wildman–Crippen LogP) is 5.68. The van der Waals surface area contributed by atoms with Crippen molar-refractivity contribution in [2.24, 2.45) is 0 Å². The lowest BCUT2D eigenvalue weighted by atomic mass is 10.1. The second kappa shape index (κ2) is 9.18. The number of thiophene rings is 1. The van der Waals surface area contributed by atoms with Crippen LogP contribution in [0.5, 0.6) is 5.75 Å². The predicted molar refractivity (Wildman–Crippen MR) is 133 cm³/mol. The van der Waals surface area contributed by atoms with Crippen molar-refractivity contribution in [3.63, 3.8) is 0 Å². The zero-order valence-corrected chi connectivity index (χ0v) is 19.9. The molecule has 0 fully saturated rings. The maximum atomic E-state index is 13.4. The molecule has 8 heteroatoms. The molecule has 0 saturated carbocycles. The van der Waals surface area contributed by atoms with E-state index in [1.807, 2.05) is 69.3 Å². The summed E-state index contributed by atoms with van der Waals surface area (Å²) in [6.07, 6.45) is 0. The molecule has 0 radical (unpaired) electrons. The molecular formula is C24H24N4O2S2. The molecule has 0 saturated heterocycles. The molecule has 164 valence electrons. The Bertz CT molecular complexity index is 1290. The lowest BCUT2D eigenvalue weighted by Crippen LogP contribution is -2.20. The van der Waals surface area contributed by atoms with Crippen molar-refractivity contribution >= 4 is 50.7 Å². The van der Waals surface area contributed by atoms with Crippen molar-refractivity contribution in [1.82, 2.24) is 9.97 Å². The number of amides is 1. The van der Waals surface area contributed by atoms with Gasteiger partial charge in [0.1, 0.15) is 21.6 Å². The molecule has 0 bridgehead atoms. The molecule has 4 aromatic rings. The van der Waals surface area contributed by atoms with E-state index in [2.05, 4.69) is 10.3 Å². The number of thioether (sulfide) groups is 1. The number of nitrogens with one attached hydrogen (secondary N) is 1. The number of carbonyl (C=O) groups is 1. The molecule has 1 atom stereocenters. The maximum absolute atomic E-state index is 13.4. The first-order valence-electron chi connectivity index (χ1n) is 10.1. The zero-order chi connectivity index (χ0) is 22.8. The van der Waals surface area contributed by atoms with Gasteiger partial charge in [0, 0.05) is 4.88 Å². The number of aromatic nitrogens is 2. The molecule has 2 aromatic heterocycles. The van der Waals surface area contributed by atoms with Crippen molar-refractivity contribution in [3.05, 3.63) is 70.1 Å². The molecule has 2 heterocycles. The third-order valence-corrected chi connectivity index (χ3v) is 7.43. The van der Waals surface area contributed by atoms with Gasteiger partial charge in [0.05, 0.1) is 18.2 Å². The first-order valence-corrected chi connectivity index (χ1v) is 11.8. The number of carbonyl (C=O) groups excluding carboxylic acids is 1. The van der Waals surface area contributed by atoms with Crippen molar-refractivity contribution < 1.29 is 9.53 Å². The van der Waals surface area contributed by atoms with Gasteiger partial charge in [-0.3, -0.25) is 4.79 Å². The highest BCUT2D eigenvalue weighted by molar-refractivity contribution is 8.00. The summed E-state index contributed by atoms with van der Waals surface area (Å²) in [6.45, 7) is 6.04. The molecule has 6 nitrogen and oxygen atoms in total. The monoisotopic (exact) mass is 464 g/mol. The number of rotatable bonds is 6. The number of fused-ring (bicyclic) bond motifs is 1. The third kappa shape index (κ3) is 4.42. The number of methoxy groups -OCH3 is 1. The van der Waals surface area contributed by atoms with Crippen molar-refractivity contribution in [1.29, 1.82) is 0 Å². The number of aryl methyl sites for hydroxylation is 3. The maximum Gasteiger partial charge on any atom is 0.242 e. The van der Waals surface area contributed by atoms with E-state index < -0.39 is 5.25 Å². The van der Waals surface area contributed by atoms with Crippen LogP contribution in [0.2, 0.25) is 0 Å². The van der Waals surface area contributed by atoms with E-state index in [9.17, 15) is 4.79 Å². The number of nitrogens with zero attached hydrogens (tertiary/aromatic N) is 2. The molecule has 0 spiro atoms. The summed E-state index contributed by atoms with van der Waals surface area (Å²) in [5.74, 6) is 0.852. The first kappa shape index (κ1) is 22.1. The molecule has 1 amide bonds. The van der Waals surface area contributed by atoms with Gasteiger partial charge < -0.3 is 15.8 Å². The highest BCUT2D eigenvalue weighted by atomic mass is 32.2. The van der Waals surface area contributed by atoms with Gasteiger partial charge in [-0.15, -0.1) is 11.3 Å². The Hall–Kier alpha value is -3.10. The normalized spacial score (nSPS) is 12.0. The lowest BCUT2D eigenvalue weighted by Gasteiger charge is -2.18. The van der Waals surface area contributed by atoms with Crippen LogP contribution < -0.4 is 15.8 Å². The van der Waals surface area contributed by atoms with E-state index in [-0.39, 0.29) is 5.91 Å². The molecule has 1 unspecified atom stereocenters. The second-order valence-corrected chi connectivity index (χ2v) is 9.73. The molecule has 3 N–H and O–H groups in total. The minimum atomic E-state index is -0.569. The Kier molecular flexibility index (Phi) is 6.34. The largest absolute Gasteiger partial charge is 0.495 e. The molecule has 0 aliphatic rings. The van der Waals surface area contributed by atoms with Crippen LogP contribution in [0.25, 0.3) is 10.2 Å². The van der Waals surface area contributed by atoms with Gasteiger partial charge in [-0.05, 0) is 49.6 Å². The van der Waals surface area contributed by atoms with E-state index in [1.165, 1.54) is 11.8 Å². The smallest absolute Gasteiger partial charge is 0.242 e. The molecule has 0 aliphatic carbocycles. The number of hydrogen-bond acceptors (Lipinski definition) is 7. The van der Waals surface area contributed by atoms with Crippen LogP contribution in [-0.4, -0.2) is 23.0 Å². The summed E-state index contributed by atoms with van der Waals surface area (Å²) in [4.78, 5) is 24.6. The Morgan fingerprint density at radius 3 is 2.59 bits per heavy atom. The highest BCUT2D eigenvalue weighted by Crippen LogP contribution is 2.39. The Balaban J connectivity index is 1.70. The van der Waals surface area contributed by atoms with Crippen molar-refractivity contribution in [3.8, 4) is 5.75 Å². The van der Waals surface area contributed by atoms with Crippen molar-refractivity contribution in [2.45, 2.75) is 31.2 Å². The summed E-state index contributed by atoms with van der Waals surface area (Å²) in [5.41, 5.74) is 9.86. The highest BCUT2D eigenvalue weighted by Gasteiger charge is 2.25. The fraction of sp³-hybridized carbons (Fsp3) is 0.208. The second-order valence-electron chi connectivity index (χ2n) is 7.46. The summed E-state index contributed by atoms with van der Waals surface area (Å²) >= 11 is 2.87. The van der Waals surface area contributed by atoms with E-state index in [0.717, 1.165) is 31.8 Å². The van der Waals surface area contributed by atoms with Crippen molar-refractivity contribution in [2.75, 3.05) is 18.2 Å². The van der Waals surface area contributed by atoms with Gasteiger partial charge in [-0.1, -0.05) is 48.2 Å². The van der Waals surface area contributed by atoms with E-state index in [4.69, 9.17) is 15.5 Å². The summed E-state index contributed by atoms with van der Waals surface area (Å²) in [6, 6.07) is 15.3. The Morgan fingerprint density at radius 1 is 1.12 bits per heavy atom. The SMILES string of the molecule is COc1ccc(C)cc1NC(=O)C(Sc1nc(N)c2c(C)c(C)sc2n1)c1ccccc1. The molecule has 2 aromatic carbocycles. The van der Waals surface area contributed by atoms with Gasteiger partial charge in [0.15, 0.2) is 5.16 Å². The number of hydrogen-bond donors (Lipinski definition) is 2. The van der Waals surface area contributed by atoms with Crippen LogP contribution in [0.15, 0.2) is 53.7 Å². The van der Waals surface area contributed by atoms with Crippen LogP contribution in [0, 0.1) is 20.8 Å². The summed E-state index contributed by atoms with van der Waals surface area (Å²) in [7, 11) is 1.58. The fourth-order valence-electron chi connectivity index (χ4n) is 3.44. The van der Waals surface area contributed by atoms with Crippen LogP contribution in [-0.2, 0) is 4.79 Å². The quantitative estimate of drug-likeness (QED) is 0.282. The topological polar surface area (TPSA) is 90.1 Å². The zero-order valence-electron chi connectivity index (χ0n) is 18.3. The van der Waals surface area contributed by atoms with Gasteiger partial charge in [0.25, 0.3) is 0 Å². The first-order chi connectivity index (χ1) is 15.4. The Labute approximate surface area is 195 Å². The number of ether oxygens (including phenoxy) is 1. The minimum absolute atomic E-state index is 0.189. The average Bonchev–Trinajstić information content (AvgIpc) is 3.06. The van der Waals surface area contributed by atoms with E-state index >= 15 is 0 Å². The number of anilines is 2. The molecule has 0 aliphatic heterocycles. The number of nitrogens with two attached hydrogens (primary N) is 1. The van der Waals surface area contributed by atoms with Gasteiger partial charge in [0.2, 0.25) is 5.91 Å². The Morgan fingerprint density at radius 2 is 1.88 bits per heavy atom. The van der Waals surface area contributed by atoms with Crippen LogP contribution in [0.1, 0.15) is 26.8 Å². The van der Waals surface area contributed by atoms with E-state index in [1.54, 1.807) is 18.4 Å². The molecular weight excluding hydrogens is 440 g/mol. The summed E-state index contributed by atoms with van der Waals surface area (Å²) < 4.78 is 5.42.